The topological polar surface area (TPSA) is 59.6 Å². The fourth-order valence-corrected chi connectivity index (χ4v) is 2.40. The summed E-state index contributed by atoms with van der Waals surface area (Å²) in [5, 5.41) is 3.38. The standard InChI is InChI=1S/C15H14BrClFN3O/c1-22-14-5-3-11(7-13(14)17)21-15(19)20-8-9-6-10(18)2-4-12(9)16/h2-7H,8H2,1H3,(H3,19,20,21). The molecule has 2 aromatic rings. The Hall–Kier alpha value is -1.79. The Morgan fingerprint density at radius 1 is 1.36 bits per heavy atom. The summed E-state index contributed by atoms with van der Waals surface area (Å²) in [4.78, 5) is 4.18. The molecular weight excluding hydrogens is 373 g/mol. The lowest BCUT2D eigenvalue weighted by atomic mass is 10.2. The number of rotatable bonds is 4. The third kappa shape index (κ3) is 4.35. The van der Waals surface area contributed by atoms with Crippen LogP contribution in [0.5, 0.6) is 5.75 Å². The molecule has 0 unspecified atom stereocenters. The average Bonchev–Trinajstić information content (AvgIpc) is 2.48. The molecule has 0 bridgehead atoms. The fourth-order valence-electron chi connectivity index (χ4n) is 1.77. The molecule has 0 aliphatic carbocycles. The quantitative estimate of drug-likeness (QED) is 0.612. The summed E-state index contributed by atoms with van der Waals surface area (Å²) in [5.41, 5.74) is 7.21. The molecule has 4 nitrogen and oxygen atoms in total. The van der Waals surface area contributed by atoms with Gasteiger partial charge in [0.15, 0.2) is 5.96 Å². The molecule has 2 rings (SSSR count). The van der Waals surface area contributed by atoms with Crippen molar-refractivity contribution in [2.75, 3.05) is 12.4 Å². The maximum absolute atomic E-state index is 13.2. The summed E-state index contributed by atoms with van der Waals surface area (Å²) in [6.45, 7) is 0.251. The second-order valence-electron chi connectivity index (χ2n) is 4.41. The second-order valence-corrected chi connectivity index (χ2v) is 5.67. The van der Waals surface area contributed by atoms with Gasteiger partial charge in [-0.2, -0.15) is 0 Å². The van der Waals surface area contributed by atoms with Gasteiger partial charge in [0, 0.05) is 10.2 Å². The van der Waals surface area contributed by atoms with Gasteiger partial charge in [-0.15, -0.1) is 0 Å². The zero-order valence-electron chi connectivity index (χ0n) is 11.7. The normalized spacial score (nSPS) is 11.4. The largest absolute Gasteiger partial charge is 0.495 e. The summed E-state index contributed by atoms with van der Waals surface area (Å²) >= 11 is 9.37. The van der Waals surface area contributed by atoms with E-state index in [4.69, 9.17) is 22.1 Å². The Morgan fingerprint density at radius 2 is 2.14 bits per heavy atom. The van der Waals surface area contributed by atoms with Crippen LogP contribution >= 0.6 is 27.5 Å². The van der Waals surface area contributed by atoms with Gasteiger partial charge in [0.1, 0.15) is 11.6 Å². The first-order valence-electron chi connectivity index (χ1n) is 6.34. The van der Waals surface area contributed by atoms with Crippen molar-refractivity contribution in [2.45, 2.75) is 6.54 Å². The molecule has 0 atom stereocenters. The first-order valence-corrected chi connectivity index (χ1v) is 7.51. The zero-order valence-corrected chi connectivity index (χ0v) is 14.1. The van der Waals surface area contributed by atoms with Crippen molar-refractivity contribution in [1.82, 2.24) is 0 Å². The summed E-state index contributed by atoms with van der Waals surface area (Å²) in [7, 11) is 1.54. The van der Waals surface area contributed by atoms with E-state index in [1.54, 1.807) is 31.4 Å². The van der Waals surface area contributed by atoms with Gasteiger partial charge in [0.2, 0.25) is 0 Å². The highest BCUT2D eigenvalue weighted by Crippen LogP contribution is 2.27. The Kier molecular flexibility index (Phi) is 5.63. The summed E-state index contributed by atoms with van der Waals surface area (Å²) < 4.78 is 19.0. The Bertz CT molecular complexity index is 709. The van der Waals surface area contributed by atoms with Crippen molar-refractivity contribution in [1.29, 1.82) is 0 Å². The van der Waals surface area contributed by atoms with Crippen LogP contribution in [-0.4, -0.2) is 13.1 Å². The molecule has 0 aliphatic rings. The number of halogens is 3. The van der Waals surface area contributed by atoms with Gasteiger partial charge in [-0.05, 0) is 42.0 Å². The molecule has 116 valence electrons. The molecule has 0 radical (unpaired) electrons. The fraction of sp³-hybridized carbons (Fsp3) is 0.133. The van der Waals surface area contributed by atoms with Crippen LogP contribution in [0.4, 0.5) is 10.1 Å². The van der Waals surface area contributed by atoms with Crippen molar-refractivity contribution in [3.63, 3.8) is 0 Å². The van der Waals surface area contributed by atoms with Crippen LogP contribution in [0.3, 0.4) is 0 Å². The predicted molar refractivity (Wildman–Crippen MR) is 91.1 cm³/mol. The SMILES string of the molecule is COc1ccc(NC(N)=NCc2cc(F)ccc2Br)cc1Cl. The van der Waals surface area contributed by atoms with Gasteiger partial charge in [-0.25, -0.2) is 9.38 Å². The molecule has 0 heterocycles. The van der Waals surface area contributed by atoms with Gasteiger partial charge in [0.05, 0.1) is 18.7 Å². The highest BCUT2D eigenvalue weighted by Gasteiger charge is 2.04. The Labute approximate surface area is 141 Å². The molecule has 7 heteroatoms. The maximum atomic E-state index is 13.2. The van der Waals surface area contributed by atoms with Crippen molar-refractivity contribution >= 4 is 39.2 Å². The van der Waals surface area contributed by atoms with E-state index in [0.717, 1.165) is 4.47 Å². The van der Waals surface area contributed by atoms with E-state index in [0.29, 0.717) is 22.0 Å². The molecular formula is C15H14BrClFN3O. The van der Waals surface area contributed by atoms with Crippen LogP contribution in [0.25, 0.3) is 0 Å². The number of nitrogens with zero attached hydrogens (tertiary/aromatic N) is 1. The number of methoxy groups -OCH3 is 1. The van der Waals surface area contributed by atoms with Crippen LogP contribution in [0.2, 0.25) is 5.02 Å². The second kappa shape index (κ2) is 7.47. The molecule has 22 heavy (non-hydrogen) atoms. The van der Waals surface area contributed by atoms with Crippen molar-refractivity contribution in [3.8, 4) is 5.75 Å². The van der Waals surface area contributed by atoms with Crippen LogP contribution < -0.4 is 15.8 Å². The van der Waals surface area contributed by atoms with Crippen LogP contribution in [0.15, 0.2) is 45.9 Å². The highest BCUT2D eigenvalue weighted by atomic mass is 79.9. The number of hydrogen-bond acceptors (Lipinski definition) is 2. The minimum absolute atomic E-state index is 0.206. The number of nitrogens with two attached hydrogens (primary N) is 1. The molecule has 0 aliphatic heterocycles. The molecule has 0 spiro atoms. The number of nitrogens with one attached hydrogen (secondary N) is 1. The van der Waals surface area contributed by atoms with Gasteiger partial charge in [-0.1, -0.05) is 27.5 Å². The molecule has 0 saturated heterocycles. The lowest BCUT2D eigenvalue weighted by molar-refractivity contribution is 0.415. The van der Waals surface area contributed by atoms with Gasteiger partial charge in [-0.3, -0.25) is 0 Å². The van der Waals surface area contributed by atoms with E-state index in [2.05, 4.69) is 26.2 Å². The third-order valence-corrected chi connectivity index (χ3v) is 3.92. The van der Waals surface area contributed by atoms with Crippen LogP contribution in [0, 0.1) is 5.82 Å². The maximum Gasteiger partial charge on any atom is 0.193 e. The van der Waals surface area contributed by atoms with E-state index in [-0.39, 0.29) is 18.3 Å². The smallest absolute Gasteiger partial charge is 0.193 e. The van der Waals surface area contributed by atoms with E-state index >= 15 is 0 Å². The average molecular weight is 387 g/mol. The van der Waals surface area contributed by atoms with Crippen LogP contribution in [-0.2, 0) is 6.54 Å². The number of aliphatic imine (C=N–C) groups is 1. The minimum Gasteiger partial charge on any atom is -0.495 e. The molecule has 3 N–H and O–H groups in total. The van der Waals surface area contributed by atoms with E-state index < -0.39 is 0 Å². The number of benzene rings is 2. The summed E-state index contributed by atoms with van der Waals surface area (Å²) in [6.07, 6.45) is 0. The number of hydrogen-bond donors (Lipinski definition) is 2. The molecule has 2 aromatic carbocycles. The molecule has 0 fully saturated rings. The van der Waals surface area contributed by atoms with E-state index in [1.165, 1.54) is 12.1 Å². The zero-order chi connectivity index (χ0) is 16.1. The Morgan fingerprint density at radius 3 is 2.82 bits per heavy atom. The predicted octanol–water partition coefficient (Wildman–Crippen LogP) is 4.18. The van der Waals surface area contributed by atoms with Gasteiger partial charge < -0.3 is 15.8 Å². The third-order valence-electron chi connectivity index (χ3n) is 2.85. The molecule has 0 saturated carbocycles. The van der Waals surface area contributed by atoms with E-state index in [1.807, 2.05) is 0 Å². The molecule has 0 aromatic heterocycles. The Balaban J connectivity index is 2.06. The highest BCUT2D eigenvalue weighted by molar-refractivity contribution is 9.10. The van der Waals surface area contributed by atoms with Crippen LogP contribution in [0.1, 0.15) is 5.56 Å². The summed E-state index contributed by atoms with van der Waals surface area (Å²) in [5.74, 6) is 0.464. The van der Waals surface area contributed by atoms with Crippen molar-refractivity contribution in [2.24, 2.45) is 10.7 Å². The lowest BCUT2D eigenvalue weighted by Gasteiger charge is -2.09. The van der Waals surface area contributed by atoms with Crippen molar-refractivity contribution in [3.05, 3.63) is 57.3 Å². The lowest BCUT2D eigenvalue weighted by Crippen LogP contribution is -2.22. The van der Waals surface area contributed by atoms with Gasteiger partial charge in [0.25, 0.3) is 0 Å². The number of ether oxygens (including phenoxy) is 1. The monoisotopic (exact) mass is 385 g/mol. The first kappa shape index (κ1) is 16.6. The number of anilines is 1. The molecule has 0 amide bonds. The van der Waals surface area contributed by atoms with Crippen molar-refractivity contribution < 1.29 is 9.13 Å². The number of guanidine groups is 1. The minimum atomic E-state index is -0.318. The van der Waals surface area contributed by atoms with E-state index in [9.17, 15) is 4.39 Å². The van der Waals surface area contributed by atoms with Gasteiger partial charge >= 0.3 is 0 Å². The first-order chi connectivity index (χ1) is 10.5. The summed E-state index contributed by atoms with van der Waals surface area (Å²) in [6, 6.07) is 9.59.